The Morgan fingerprint density at radius 2 is 1.77 bits per heavy atom. The first-order chi connectivity index (χ1) is 14.9. The summed E-state index contributed by atoms with van der Waals surface area (Å²) in [6.07, 6.45) is -0.0692. The number of nitrogens with two attached hydrogens (primary N) is 1. The quantitative estimate of drug-likeness (QED) is 0.484. The molecule has 0 aliphatic heterocycles. The zero-order valence-corrected chi connectivity index (χ0v) is 15.7. The molecule has 2 N–H and O–H groups in total. The Morgan fingerprint density at radius 1 is 0.968 bits per heavy atom. The first-order valence-electron chi connectivity index (χ1n) is 8.85. The van der Waals surface area contributed by atoms with Gasteiger partial charge < -0.3 is 19.6 Å². The van der Waals surface area contributed by atoms with E-state index in [9.17, 15) is 13.2 Å². The number of benzene rings is 1. The highest BCUT2D eigenvalue weighted by molar-refractivity contribution is 5.74. The van der Waals surface area contributed by atoms with E-state index in [4.69, 9.17) is 14.9 Å². The number of pyridine rings is 2. The number of halogens is 3. The molecule has 1 aromatic carbocycles. The Kier molecular flexibility index (Phi) is 5.39. The normalized spacial score (nSPS) is 11.3. The summed E-state index contributed by atoms with van der Waals surface area (Å²) in [6.45, 7) is 0.0447. The monoisotopic (exact) mass is 429 g/mol. The van der Waals surface area contributed by atoms with E-state index in [-0.39, 0.29) is 35.5 Å². The van der Waals surface area contributed by atoms with Gasteiger partial charge in [-0.2, -0.15) is 0 Å². The van der Waals surface area contributed by atoms with Crippen molar-refractivity contribution in [1.82, 2.24) is 20.2 Å². The molecule has 4 rings (SSSR count). The van der Waals surface area contributed by atoms with Crippen LogP contribution in [0.5, 0.6) is 11.5 Å². The lowest BCUT2D eigenvalue weighted by molar-refractivity contribution is -0.274. The van der Waals surface area contributed by atoms with Gasteiger partial charge in [0.1, 0.15) is 11.5 Å². The van der Waals surface area contributed by atoms with Gasteiger partial charge in [-0.05, 0) is 35.9 Å². The van der Waals surface area contributed by atoms with E-state index in [1.807, 2.05) is 0 Å². The number of hydrogen-bond donors (Lipinski definition) is 1. The summed E-state index contributed by atoms with van der Waals surface area (Å²) in [5.74, 6) is 0.573. The first kappa shape index (κ1) is 20.1. The van der Waals surface area contributed by atoms with E-state index in [1.165, 1.54) is 30.5 Å². The molecule has 0 unspecified atom stereocenters. The topological polar surface area (TPSA) is 109 Å². The van der Waals surface area contributed by atoms with E-state index >= 15 is 0 Å². The summed E-state index contributed by atoms with van der Waals surface area (Å²) in [5.41, 5.74) is 7.82. The maximum absolute atomic E-state index is 12.3. The molecule has 0 saturated heterocycles. The molecular weight excluding hydrogens is 415 g/mol. The summed E-state index contributed by atoms with van der Waals surface area (Å²) >= 11 is 0. The van der Waals surface area contributed by atoms with Crippen molar-refractivity contribution < 1.29 is 27.1 Å². The Bertz CT molecular complexity index is 1160. The van der Waals surface area contributed by atoms with Crippen LogP contribution in [0.1, 0.15) is 5.89 Å². The summed E-state index contributed by atoms with van der Waals surface area (Å²) in [5, 5.41) is 7.83. The number of anilines is 1. The molecule has 0 bridgehead atoms. The number of alkyl halides is 3. The molecule has 0 atom stereocenters. The van der Waals surface area contributed by atoms with Crippen molar-refractivity contribution in [3.8, 4) is 34.2 Å². The van der Waals surface area contributed by atoms with Gasteiger partial charge in [0.25, 0.3) is 11.8 Å². The van der Waals surface area contributed by atoms with Crippen LogP contribution < -0.4 is 15.2 Å². The van der Waals surface area contributed by atoms with Crippen molar-refractivity contribution in [3.63, 3.8) is 0 Å². The summed E-state index contributed by atoms with van der Waals surface area (Å²) in [7, 11) is 0. The van der Waals surface area contributed by atoms with Gasteiger partial charge in [0.05, 0.1) is 11.9 Å². The van der Waals surface area contributed by atoms with Gasteiger partial charge in [-0.1, -0.05) is 12.1 Å². The molecule has 0 amide bonds. The fraction of sp³-hybridized carbons (Fsp3) is 0.100. The molecule has 31 heavy (non-hydrogen) atoms. The average Bonchev–Trinajstić information content (AvgIpc) is 3.21. The van der Waals surface area contributed by atoms with Gasteiger partial charge in [0, 0.05) is 18.0 Å². The van der Waals surface area contributed by atoms with E-state index in [2.05, 4.69) is 24.9 Å². The second-order valence-electron chi connectivity index (χ2n) is 6.21. The number of nitrogen functional groups attached to an aromatic ring is 1. The molecule has 8 nitrogen and oxygen atoms in total. The Labute approximate surface area is 173 Å². The van der Waals surface area contributed by atoms with E-state index in [1.54, 1.807) is 30.6 Å². The number of aromatic nitrogens is 4. The van der Waals surface area contributed by atoms with E-state index < -0.39 is 6.36 Å². The van der Waals surface area contributed by atoms with Gasteiger partial charge in [-0.3, -0.25) is 4.98 Å². The number of hydrogen-bond acceptors (Lipinski definition) is 8. The number of rotatable bonds is 6. The van der Waals surface area contributed by atoms with Crippen LogP contribution in [0.3, 0.4) is 0 Å². The van der Waals surface area contributed by atoms with Crippen molar-refractivity contribution >= 4 is 5.69 Å². The van der Waals surface area contributed by atoms with Crippen molar-refractivity contribution in [2.75, 3.05) is 5.73 Å². The molecular formula is C20H14F3N5O3. The summed E-state index contributed by atoms with van der Waals surface area (Å²) in [6, 6.07) is 10.4. The number of nitrogens with zero attached hydrogens (tertiary/aromatic N) is 4. The largest absolute Gasteiger partial charge is 0.573 e. The second-order valence-corrected chi connectivity index (χ2v) is 6.21. The minimum Gasteiger partial charge on any atom is -0.482 e. The van der Waals surface area contributed by atoms with Crippen LogP contribution in [-0.2, 0) is 6.61 Å². The lowest BCUT2D eigenvalue weighted by Crippen LogP contribution is -2.16. The Hall–Kier alpha value is -4.15. The minimum absolute atomic E-state index is 0.0447. The van der Waals surface area contributed by atoms with Crippen molar-refractivity contribution in [2.24, 2.45) is 0 Å². The van der Waals surface area contributed by atoms with Crippen LogP contribution in [0.4, 0.5) is 18.9 Å². The molecule has 0 aliphatic rings. The Balaban J connectivity index is 1.47. The van der Waals surface area contributed by atoms with Gasteiger partial charge in [-0.15, -0.1) is 23.4 Å². The van der Waals surface area contributed by atoms with Gasteiger partial charge in [-0.25, -0.2) is 4.98 Å². The van der Waals surface area contributed by atoms with Gasteiger partial charge >= 0.3 is 6.36 Å². The molecule has 0 radical (unpaired) electrons. The molecule has 0 saturated carbocycles. The molecule has 3 heterocycles. The third kappa shape index (κ3) is 5.07. The van der Waals surface area contributed by atoms with Gasteiger partial charge in [0.2, 0.25) is 0 Å². The van der Waals surface area contributed by atoms with E-state index in [0.29, 0.717) is 16.9 Å². The molecule has 4 aromatic rings. The van der Waals surface area contributed by atoms with E-state index in [0.717, 1.165) is 0 Å². The van der Waals surface area contributed by atoms with Gasteiger partial charge in [0.15, 0.2) is 12.3 Å². The van der Waals surface area contributed by atoms with Crippen LogP contribution in [-0.4, -0.2) is 26.5 Å². The maximum atomic E-state index is 12.3. The van der Waals surface area contributed by atoms with Crippen LogP contribution in [0.15, 0.2) is 65.5 Å². The predicted molar refractivity (Wildman–Crippen MR) is 103 cm³/mol. The smallest absolute Gasteiger partial charge is 0.482 e. The molecule has 0 aliphatic carbocycles. The molecule has 3 aromatic heterocycles. The van der Waals surface area contributed by atoms with Crippen LogP contribution in [0.2, 0.25) is 0 Å². The Morgan fingerprint density at radius 3 is 2.45 bits per heavy atom. The lowest BCUT2D eigenvalue weighted by atomic mass is 10.1. The van der Waals surface area contributed by atoms with Crippen LogP contribution in [0.25, 0.3) is 22.7 Å². The van der Waals surface area contributed by atoms with Crippen molar-refractivity contribution in [3.05, 3.63) is 66.9 Å². The second kappa shape index (κ2) is 8.30. The van der Waals surface area contributed by atoms with Crippen molar-refractivity contribution in [2.45, 2.75) is 13.0 Å². The average molecular weight is 429 g/mol. The highest BCUT2D eigenvalue weighted by Crippen LogP contribution is 2.30. The standard InChI is InChI=1S/C20H14F3N5O3/c21-20(22,23)31-14-5-3-12(4-6-14)13-8-16(24)18(26-9-13)19-28-27-17(30-19)11-29-15-2-1-7-25-10-15/h1-10H,11,24H2. The predicted octanol–water partition coefficient (Wildman–Crippen LogP) is 4.25. The highest BCUT2D eigenvalue weighted by Gasteiger charge is 2.31. The highest BCUT2D eigenvalue weighted by atomic mass is 19.4. The lowest BCUT2D eigenvalue weighted by Gasteiger charge is -2.10. The molecule has 0 spiro atoms. The SMILES string of the molecule is Nc1cc(-c2ccc(OC(F)(F)F)cc2)cnc1-c1nnc(COc2cccnc2)o1. The summed E-state index contributed by atoms with van der Waals surface area (Å²) < 4.78 is 51.7. The van der Waals surface area contributed by atoms with Crippen LogP contribution in [0, 0.1) is 0 Å². The zero-order valence-electron chi connectivity index (χ0n) is 15.7. The molecule has 158 valence electrons. The third-order valence-corrected chi connectivity index (χ3v) is 4.00. The number of ether oxygens (including phenoxy) is 2. The zero-order chi connectivity index (χ0) is 21.8. The minimum atomic E-state index is -4.75. The summed E-state index contributed by atoms with van der Waals surface area (Å²) in [4.78, 5) is 8.19. The van der Waals surface area contributed by atoms with Crippen LogP contribution >= 0.6 is 0 Å². The molecule has 0 fully saturated rings. The maximum Gasteiger partial charge on any atom is 0.573 e. The van der Waals surface area contributed by atoms with Crippen molar-refractivity contribution in [1.29, 1.82) is 0 Å². The fourth-order valence-electron chi connectivity index (χ4n) is 2.65. The fourth-order valence-corrected chi connectivity index (χ4v) is 2.65. The first-order valence-corrected chi connectivity index (χ1v) is 8.85. The molecule has 11 heteroatoms. The third-order valence-electron chi connectivity index (χ3n) is 4.00.